The van der Waals surface area contributed by atoms with E-state index in [0.29, 0.717) is 13.0 Å². The zero-order valence-corrected chi connectivity index (χ0v) is 19.0. The van der Waals surface area contributed by atoms with Crippen molar-refractivity contribution in [3.63, 3.8) is 0 Å². The van der Waals surface area contributed by atoms with Gasteiger partial charge in [0.2, 0.25) is 0 Å². The smallest absolute Gasteiger partial charge is 0.305 e. The predicted octanol–water partition coefficient (Wildman–Crippen LogP) is 8.39. The highest BCUT2D eigenvalue weighted by Crippen LogP contribution is 2.22. The first kappa shape index (κ1) is 26.2. The molecule has 0 heterocycles. The third-order valence-electron chi connectivity index (χ3n) is 5.19. The summed E-state index contributed by atoms with van der Waals surface area (Å²) in [6.07, 6.45) is 24.2. The predicted molar refractivity (Wildman–Crippen MR) is 119 cm³/mol. The molecule has 0 N–H and O–H groups in total. The van der Waals surface area contributed by atoms with Crippen LogP contribution in [0.3, 0.4) is 0 Å². The number of allylic oxidation sites excluding steroid dienone is 2. The lowest BCUT2D eigenvalue weighted by Crippen LogP contribution is -2.21. The molecular weight excluding hydrogens is 332 g/mol. The second-order valence-electron chi connectivity index (χ2n) is 8.91. The summed E-state index contributed by atoms with van der Waals surface area (Å²) in [7, 11) is 0. The van der Waals surface area contributed by atoms with Crippen molar-refractivity contribution in [2.24, 2.45) is 5.41 Å². The van der Waals surface area contributed by atoms with Gasteiger partial charge in [-0.2, -0.15) is 0 Å². The lowest BCUT2D eigenvalue weighted by Gasteiger charge is -2.23. The van der Waals surface area contributed by atoms with Gasteiger partial charge in [-0.25, -0.2) is 0 Å². The summed E-state index contributed by atoms with van der Waals surface area (Å²) >= 11 is 0. The van der Waals surface area contributed by atoms with Crippen LogP contribution < -0.4 is 0 Å². The summed E-state index contributed by atoms with van der Waals surface area (Å²) in [5, 5.41) is 0. The van der Waals surface area contributed by atoms with Crippen molar-refractivity contribution in [2.75, 3.05) is 6.61 Å². The first-order chi connectivity index (χ1) is 13.0. The van der Waals surface area contributed by atoms with Gasteiger partial charge in [0.1, 0.15) is 0 Å². The summed E-state index contributed by atoms with van der Waals surface area (Å²) in [5.41, 5.74) is 0.118. The molecular formula is C25H48O2. The Kier molecular flexibility index (Phi) is 18.0. The Morgan fingerprint density at radius 1 is 0.741 bits per heavy atom. The van der Waals surface area contributed by atoms with Crippen LogP contribution in [-0.2, 0) is 9.53 Å². The largest absolute Gasteiger partial charge is 0.465 e. The molecule has 0 rings (SSSR count). The van der Waals surface area contributed by atoms with E-state index in [0.717, 1.165) is 25.7 Å². The van der Waals surface area contributed by atoms with E-state index in [2.05, 4.69) is 39.8 Å². The molecule has 0 aromatic rings. The third kappa shape index (κ3) is 19.8. The average Bonchev–Trinajstić information content (AvgIpc) is 2.63. The minimum Gasteiger partial charge on any atom is -0.465 e. The summed E-state index contributed by atoms with van der Waals surface area (Å²) in [5.74, 6) is -0.0168. The fourth-order valence-corrected chi connectivity index (χ4v) is 3.44. The quantitative estimate of drug-likeness (QED) is 0.128. The first-order valence-corrected chi connectivity index (χ1v) is 11.8. The van der Waals surface area contributed by atoms with Gasteiger partial charge in [-0.05, 0) is 43.9 Å². The van der Waals surface area contributed by atoms with Crippen LogP contribution in [0.2, 0.25) is 0 Å². The van der Waals surface area contributed by atoms with Crippen molar-refractivity contribution in [3.8, 4) is 0 Å². The van der Waals surface area contributed by atoms with E-state index >= 15 is 0 Å². The molecule has 0 unspecified atom stereocenters. The summed E-state index contributed by atoms with van der Waals surface area (Å²) in [6, 6.07) is 0. The molecule has 0 atom stereocenters. The van der Waals surface area contributed by atoms with E-state index in [4.69, 9.17) is 4.74 Å². The highest BCUT2D eigenvalue weighted by atomic mass is 16.5. The fourth-order valence-electron chi connectivity index (χ4n) is 3.44. The van der Waals surface area contributed by atoms with E-state index in [1.165, 1.54) is 70.6 Å². The van der Waals surface area contributed by atoms with Crippen molar-refractivity contribution in [1.29, 1.82) is 0 Å². The number of carbonyl (C=O) groups excluding carboxylic acids is 1. The van der Waals surface area contributed by atoms with E-state index in [1.807, 2.05) is 0 Å². The summed E-state index contributed by atoms with van der Waals surface area (Å²) < 4.78 is 5.43. The van der Waals surface area contributed by atoms with Gasteiger partial charge >= 0.3 is 5.97 Å². The Morgan fingerprint density at radius 2 is 1.26 bits per heavy atom. The molecule has 0 aromatic carbocycles. The first-order valence-electron chi connectivity index (χ1n) is 11.8. The van der Waals surface area contributed by atoms with Gasteiger partial charge in [0.25, 0.3) is 0 Å². The number of rotatable bonds is 19. The summed E-state index contributed by atoms with van der Waals surface area (Å²) in [4.78, 5) is 11.8. The zero-order valence-electron chi connectivity index (χ0n) is 19.0. The highest BCUT2D eigenvalue weighted by Gasteiger charge is 2.18. The van der Waals surface area contributed by atoms with Gasteiger partial charge in [0.05, 0.1) is 6.61 Å². The molecule has 0 bridgehead atoms. The maximum Gasteiger partial charge on any atom is 0.305 e. The molecule has 2 heteroatoms. The average molecular weight is 381 g/mol. The van der Waals surface area contributed by atoms with Crippen molar-refractivity contribution in [2.45, 2.75) is 130 Å². The SMILES string of the molecule is CCCCCCCC/C=C\CCCCCCCC(=O)OCC(C)(C)CCC. The van der Waals surface area contributed by atoms with E-state index in [9.17, 15) is 4.79 Å². The second-order valence-corrected chi connectivity index (χ2v) is 8.91. The maximum atomic E-state index is 11.8. The molecule has 0 fully saturated rings. The van der Waals surface area contributed by atoms with Crippen LogP contribution in [0.4, 0.5) is 0 Å². The van der Waals surface area contributed by atoms with Crippen molar-refractivity contribution in [3.05, 3.63) is 12.2 Å². The van der Waals surface area contributed by atoms with Crippen LogP contribution >= 0.6 is 0 Å². The fraction of sp³-hybridized carbons (Fsp3) is 0.880. The molecule has 0 radical (unpaired) electrons. The van der Waals surface area contributed by atoms with Crippen molar-refractivity contribution >= 4 is 5.97 Å². The van der Waals surface area contributed by atoms with Gasteiger partial charge in [0, 0.05) is 6.42 Å². The Morgan fingerprint density at radius 3 is 1.81 bits per heavy atom. The van der Waals surface area contributed by atoms with Crippen LogP contribution in [0.25, 0.3) is 0 Å². The van der Waals surface area contributed by atoms with E-state index in [1.54, 1.807) is 0 Å². The van der Waals surface area contributed by atoms with Crippen LogP contribution in [-0.4, -0.2) is 12.6 Å². The zero-order chi connectivity index (χ0) is 20.2. The number of hydrogen-bond donors (Lipinski definition) is 0. The van der Waals surface area contributed by atoms with Crippen LogP contribution in [0, 0.1) is 5.41 Å². The Hall–Kier alpha value is -0.790. The van der Waals surface area contributed by atoms with E-state index in [-0.39, 0.29) is 11.4 Å². The van der Waals surface area contributed by atoms with Crippen LogP contribution in [0.5, 0.6) is 0 Å². The number of unbranched alkanes of at least 4 members (excludes halogenated alkanes) is 11. The molecule has 0 aromatic heterocycles. The normalized spacial score (nSPS) is 12.0. The lowest BCUT2D eigenvalue weighted by molar-refractivity contribution is -0.147. The minimum atomic E-state index is -0.0168. The number of carbonyl (C=O) groups is 1. The molecule has 0 aliphatic rings. The molecule has 0 aliphatic heterocycles. The van der Waals surface area contributed by atoms with Crippen LogP contribution in [0.15, 0.2) is 12.2 Å². The van der Waals surface area contributed by atoms with Crippen LogP contribution in [0.1, 0.15) is 130 Å². The third-order valence-corrected chi connectivity index (χ3v) is 5.19. The monoisotopic (exact) mass is 380 g/mol. The Bertz CT molecular complexity index is 357. The summed E-state index contributed by atoms with van der Waals surface area (Å²) in [6.45, 7) is 9.35. The minimum absolute atomic E-state index is 0.0168. The molecule has 27 heavy (non-hydrogen) atoms. The van der Waals surface area contributed by atoms with Gasteiger partial charge in [-0.1, -0.05) is 97.6 Å². The van der Waals surface area contributed by atoms with Gasteiger partial charge in [0.15, 0.2) is 0 Å². The molecule has 0 saturated carbocycles. The maximum absolute atomic E-state index is 11.8. The Balaban J connectivity index is 3.35. The highest BCUT2D eigenvalue weighted by molar-refractivity contribution is 5.69. The standard InChI is InChI=1S/C25H48O2/c1-5-7-8-9-10-11-12-13-14-15-16-17-18-19-20-21-24(26)27-23-25(3,4)22-6-2/h13-14H,5-12,15-23H2,1-4H3/b14-13-. The van der Waals surface area contributed by atoms with Gasteiger partial charge < -0.3 is 4.74 Å². The number of hydrogen-bond acceptors (Lipinski definition) is 2. The second kappa shape index (κ2) is 18.6. The lowest BCUT2D eigenvalue weighted by atomic mass is 9.89. The van der Waals surface area contributed by atoms with Gasteiger partial charge in [-0.3, -0.25) is 4.79 Å². The Labute approximate surface area is 170 Å². The number of esters is 1. The van der Waals surface area contributed by atoms with E-state index < -0.39 is 0 Å². The molecule has 2 nitrogen and oxygen atoms in total. The molecule has 160 valence electrons. The topological polar surface area (TPSA) is 26.3 Å². The molecule has 0 saturated heterocycles. The van der Waals surface area contributed by atoms with Crippen molar-refractivity contribution < 1.29 is 9.53 Å². The molecule has 0 spiro atoms. The number of ether oxygens (including phenoxy) is 1. The molecule has 0 amide bonds. The van der Waals surface area contributed by atoms with Crippen molar-refractivity contribution in [1.82, 2.24) is 0 Å². The van der Waals surface area contributed by atoms with Gasteiger partial charge in [-0.15, -0.1) is 0 Å². The molecule has 0 aliphatic carbocycles.